The highest BCUT2D eigenvalue weighted by atomic mass is 32.1. The molecule has 13 heteroatoms. The number of rotatable bonds is 8. The van der Waals surface area contributed by atoms with E-state index < -0.39 is 42.0 Å². The summed E-state index contributed by atoms with van der Waals surface area (Å²) in [6.07, 6.45) is -5.61. The molecule has 1 aliphatic heterocycles. The van der Waals surface area contributed by atoms with E-state index in [0.29, 0.717) is 12.8 Å². The van der Waals surface area contributed by atoms with Crippen LogP contribution in [0, 0.1) is 0 Å². The zero-order chi connectivity index (χ0) is 26.6. The maximum absolute atomic E-state index is 13.9. The van der Waals surface area contributed by atoms with E-state index in [1.54, 1.807) is 6.92 Å². The summed E-state index contributed by atoms with van der Waals surface area (Å²) in [7, 11) is 0. The van der Waals surface area contributed by atoms with Crippen molar-refractivity contribution in [2.75, 3.05) is 18.5 Å². The Labute approximate surface area is 209 Å². The number of hydrogen-bond donors (Lipinski definition) is 1. The van der Waals surface area contributed by atoms with Gasteiger partial charge in [0.15, 0.2) is 0 Å². The molecule has 0 aliphatic carbocycles. The third kappa shape index (κ3) is 6.29. The number of pyridine rings is 1. The molecule has 3 rings (SSSR count). The molecule has 0 aromatic carbocycles. The number of nitrogens with one attached hydrogen (secondary N) is 1. The fourth-order valence-corrected chi connectivity index (χ4v) is 4.82. The van der Waals surface area contributed by atoms with Gasteiger partial charge in [-0.3, -0.25) is 4.79 Å². The van der Waals surface area contributed by atoms with Gasteiger partial charge >= 0.3 is 12.1 Å². The van der Waals surface area contributed by atoms with Gasteiger partial charge in [0, 0.05) is 35.6 Å². The summed E-state index contributed by atoms with van der Waals surface area (Å²) in [6.45, 7) is 5.07. The number of amides is 1. The number of anilines is 1. The van der Waals surface area contributed by atoms with Gasteiger partial charge in [0.2, 0.25) is 5.01 Å². The summed E-state index contributed by atoms with van der Waals surface area (Å²) in [5, 5.41) is 3.68. The molecule has 2 aromatic heterocycles. The van der Waals surface area contributed by atoms with Crippen molar-refractivity contribution in [1.82, 2.24) is 14.9 Å². The number of alkyl halides is 5. The minimum Gasteiger partial charge on any atom is -0.461 e. The van der Waals surface area contributed by atoms with E-state index in [2.05, 4.69) is 15.3 Å². The Bertz CT molecular complexity index is 1080. The van der Waals surface area contributed by atoms with Gasteiger partial charge in [-0.2, -0.15) is 13.2 Å². The standard InChI is InChI=1S/C23H27F5N4O3S/c1-4-17(23(26,27)28)31-18-8-14(19(24)25)15(9-29-18)13-7-6-12(3)32(10-13)21(33)16-11-36-20(30-16)22(34)35-5-2/h8-9,11-13,17,19H,4-7,10H2,1-3H3,(H,29,31)/t12?,13?,17-/m0/s1. The van der Waals surface area contributed by atoms with Crippen molar-refractivity contribution in [3.8, 4) is 0 Å². The molecular formula is C23H27F5N4O3S. The van der Waals surface area contributed by atoms with Crippen LogP contribution >= 0.6 is 11.3 Å². The molecule has 1 fully saturated rings. The smallest absolute Gasteiger partial charge is 0.408 e. The fraction of sp³-hybridized carbons (Fsp3) is 0.565. The lowest BCUT2D eigenvalue weighted by Gasteiger charge is -2.38. The molecule has 0 spiro atoms. The van der Waals surface area contributed by atoms with Crippen LogP contribution < -0.4 is 5.32 Å². The number of halogens is 5. The first kappa shape index (κ1) is 27.8. The van der Waals surface area contributed by atoms with Gasteiger partial charge in [0.05, 0.1) is 6.61 Å². The Hall–Kier alpha value is -2.83. The number of likely N-dealkylation sites (tertiary alicyclic amines) is 1. The third-order valence-electron chi connectivity index (χ3n) is 6.08. The molecule has 1 aliphatic rings. The second-order valence-electron chi connectivity index (χ2n) is 8.49. The number of carbonyl (C=O) groups excluding carboxylic acids is 2. The molecule has 3 heterocycles. The molecule has 1 saturated heterocycles. The predicted octanol–water partition coefficient (Wildman–Crippen LogP) is 5.81. The summed E-state index contributed by atoms with van der Waals surface area (Å²) < 4.78 is 72.1. The lowest BCUT2D eigenvalue weighted by atomic mass is 9.86. The van der Waals surface area contributed by atoms with Crippen molar-refractivity contribution in [3.63, 3.8) is 0 Å². The Balaban J connectivity index is 1.82. The van der Waals surface area contributed by atoms with Crippen LogP contribution in [0.15, 0.2) is 17.6 Å². The SMILES string of the molecule is CCOC(=O)c1nc(C(=O)N2CC(c3cnc(N[C@@H](CC)C(F)(F)F)cc3C(F)F)CCC2C)cs1. The predicted molar refractivity (Wildman–Crippen MR) is 123 cm³/mol. The van der Waals surface area contributed by atoms with Gasteiger partial charge in [0.25, 0.3) is 12.3 Å². The van der Waals surface area contributed by atoms with Crippen LogP contribution in [0.2, 0.25) is 0 Å². The number of piperidine rings is 1. The fourth-order valence-electron chi connectivity index (χ4n) is 4.13. The summed E-state index contributed by atoms with van der Waals surface area (Å²) in [6, 6.07) is -1.17. The first-order valence-corrected chi connectivity index (χ1v) is 12.4. The second-order valence-corrected chi connectivity index (χ2v) is 9.34. The lowest BCUT2D eigenvalue weighted by molar-refractivity contribution is -0.142. The monoisotopic (exact) mass is 534 g/mol. The molecule has 0 saturated carbocycles. The molecule has 1 amide bonds. The van der Waals surface area contributed by atoms with Crippen LogP contribution in [0.4, 0.5) is 27.8 Å². The summed E-state index contributed by atoms with van der Waals surface area (Å²) in [5.74, 6) is -1.86. The minimum atomic E-state index is -4.55. The molecule has 198 valence electrons. The molecule has 2 aromatic rings. The van der Waals surface area contributed by atoms with Gasteiger partial charge in [-0.1, -0.05) is 6.92 Å². The Morgan fingerprint density at radius 1 is 1.28 bits per heavy atom. The van der Waals surface area contributed by atoms with E-state index in [0.717, 1.165) is 23.6 Å². The van der Waals surface area contributed by atoms with Crippen molar-refractivity contribution < 1.29 is 36.3 Å². The van der Waals surface area contributed by atoms with E-state index in [1.807, 2.05) is 6.92 Å². The Morgan fingerprint density at radius 2 is 2.00 bits per heavy atom. The zero-order valence-corrected chi connectivity index (χ0v) is 20.8. The van der Waals surface area contributed by atoms with Crippen molar-refractivity contribution in [1.29, 1.82) is 0 Å². The molecule has 0 bridgehead atoms. The highest BCUT2D eigenvalue weighted by Crippen LogP contribution is 2.37. The summed E-state index contributed by atoms with van der Waals surface area (Å²) >= 11 is 0.975. The van der Waals surface area contributed by atoms with E-state index in [-0.39, 0.29) is 47.7 Å². The third-order valence-corrected chi connectivity index (χ3v) is 6.91. The minimum absolute atomic E-state index is 0.0397. The number of hydrogen-bond acceptors (Lipinski definition) is 7. The number of ether oxygens (including phenoxy) is 1. The van der Waals surface area contributed by atoms with Crippen molar-refractivity contribution in [2.45, 2.75) is 70.6 Å². The molecule has 2 unspecified atom stereocenters. The van der Waals surface area contributed by atoms with Gasteiger partial charge in [-0.15, -0.1) is 11.3 Å². The average Bonchev–Trinajstić information content (AvgIpc) is 3.32. The van der Waals surface area contributed by atoms with Gasteiger partial charge < -0.3 is 15.0 Å². The zero-order valence-electron chi connectivity index (χ0n) is 19.9. The van der Waals surface area contributed by atoms with Crippen LogP contribution in [0.3, 0.4) is 0 Å². The van der Waals surface area contributed by atoms with Gasteiger partial charge in [0.1, 0.15) is 17.6 Å². The summed E-state index contributed by atoms with van der Waals surface area (Å²) in [5.41, 5.74) is -0.180. The van der Waals surface area contributed by atoms with Crippen molar-refractivity contribution >= 4 is 29.0 Å². The van der Waals surface area contributed by atoms with Crippen molar-refractivity contribution in [2.24, 2.45) is 0 Å². The largest absolute Gasteiger partial charge is 0.461 e. The first-order valence-electron chi connectivity index (χ1n) is 11.5. The second kappa shape index (κ2) is 11.5. The normalized spacial score (nSPS) is 19.3. The average molecular weight is 535 g/mol. The number of esters is 1. The lowest BCUT2D eigenvalue weighted by Crippen LogP contribution is -2.45. The molecular weight excluding hydrogens is 507 g/mol. The van der Waals surface area contributed by atoms with Crippen LogP contribution in [-0.2, 0) is 4.74 Å². The van der Waals surface area contributed by atoms with E-state index in [4.69, 9.17) is 4.74 Å². The molecule has 1 N–H and O–H groups in total. The Morgan fingerprint density at radius 3 is 2.61 bits per heavy atom. The van der Waals surface area contributed by atoms with Crippen LogP contribution in [-0.4, -0.2) is 58.2 Å². The van der Waals surface area contributed by atoms with Gasteiger partial charge in [-0.25, -0.2) is 23.5 Å². The van der Waals surface area contributed by atoms with Crippen LogP contribution in [0.5, 0.6) is 0 Å². The van der Waals surface area contributed by atoms with Crippen molar-refractivity contribution in [3.05, 3.63) is 39.5 Å². The number of carbonyl (C=O) groups is 2. The molecule has 7 nitrogen and oxygen atoms in total. The topological polar surface area (TPSA) is 84.4 Å². The van der Waals surface area contributed by atoms with Crippen LogP contribution in [0.1, 0.15) is 83.8 Å². The maximum Gasteiger partial charge on any atom is 0.408 e. The quantitative estimate of drug-likeness (QED) is 0.340. The molecule has 3 atom stereocenters. The highest BCUT2D eigenvalue weighted by Gasteiger charge is 2.39. The number of thiazole rings is 1. The van der Waals surface area contributed by atoms with Gasteiger partial charge in [-0.05, 0) is 44.7 Å². The summed E-state index contributed by atoms with van der Waals surface area (Å²) in [4.78, 5) is 34.6. The number of aromatic nitrogens is 2. The number of nitrogens with zero attached hydrogens (tertiary/aromatic N) is 3. The van der Waals surface area contributed by atoms with E-state index >= 15 is 0 Å². The van der Waals surface area contributed by atoms with E-state index in [1.165, 1.54) is 17.2 Å². The highest BCUT2D eigenvalue weighted by molar-refractivity contribution is 7.11. The van der Waals surface area contributed by atoms with E-state index in [9.17, 15) is 31.5 Å². The van der Waals surface area contributed by atoms with Crippen LogP contribution in [0.25, 0.3) is 0 Å². The Kier molecular flexibility index (Phi) is 8.85. The molecule has 36 heavy (non-hydrogen) atoms. The maximum atomic E-state index is 13.9. The first-order chi connectivity index (χ1) is 17.0. The molecule has 0 radical (unpaired) electrons.